The molecule has 3 nitrogen and oxygen atoms in total. The van der Waals surface area contributed by atoms with Crippen LogP contribution in [0.25, 0.3) is 0 Å². The summed E-state index contributed by atoms with van der Waals surface area (Å²) >= 11 is 0. The summed E-state index contributed by atoms with van der Waals surface area (Å²) in [5, 5.41) is 3.27. The zero-order chi connectivity index (χ0) is 31.4. The van der Waals surface area contributed by atoms with Gasteiger partial charge in [0.25, 0.3) is 0 Å². The molecule has 1 aromatic carbocycles. The predicted molar refractivity (Wildman–Crippen MR) is 184 cm³/mol. The van der Waals surface area contributed by atoms with E-state index in [0.29, 0.717) is 5.92 Å². The average molecular weight is 546 g/mol. The number of hydrogen-bond donors (Lipinski definition) is 2. The Hall–Kier alpha value is -3.33. The van der Waals surface area contributed by atoms with Gasteiger partial charge >= 0.3 is 0 Å². The van der Waals surface area contributed by atoms with E-state index in [0.717, 1.165) is 41.2 Å². The molecule has 1 aromatic rings. The highest BCUT2D eigenvalue weighted by atomic mass is 14.9. The molecule has 1 aliphatic carbocycles. The second-order valence-electron chi connectivity index (χ2n) is 10.8. The quantitative estimate of drug-likeness (QED) is 0.239. The number of aliphatic imine (C=N–C) groups is 1. The van der Waals surface area contributed by atoms with Gasteiger partial charge in [-0.25, -0.2) is 0 Å². The number of nitrogens with two attached hydrogens (primary N) is 1. The van der Waals surface area contributed by atoms with Crippen molar-refractivity contribution < 1.29 is 0 Å². The summed E-state index contributed by atoms with van der Waals surface area (Å²) < 4.78 is 0. The van der Waals surface area contributed by atoms with Gasteiger partial charge in [-0.2, -0.15) is 0 Å². The number of nitrogens with zero attached hydrogens (tertiary/aromatic N) is 1. The Balaban J connectivity index is 0. The van der Waals surface area contributed by atoms with Crippen LogP contribution in [0.15, 0.2) is 107 Å². The van der Waals surface area contributed by atoms with E-state index >= 15 is 0 Å². The maximum atomic E-state index is 5.54. The monoisotopic (exact) mass is 545 g/mol. The molecule has 222 valence electrons. The van der Waals surface area contributed by atoms with E-state index < -0.39 is 0 Å². The zero-order valence-electron chi connectivity index (χ0n) is 27.7. The summed E-state index contributed by atoms with van der Waals surface area (Å²) in [5.74, 6) is 0.537. The minimum atomic E-state index is 0.537. The van der Waals surface area contributed by atoms with Gasteiger partial charge in [0, 0.05) is 35.8 Å². The van der Waals surface area contributed by atoms with Crippen LogP contribution in [-0.2, 0) is 19.4 Å². The summed E-state index contributed by atoms with van der Waals surface area (Å²) in [7, 11) is 0. The van der Waals surface area contributed by atoms with Gasteiger partial charge in [0.15, 0.2) is 0 Å². The number of benzene rings is 1. The molecule has 40 heavy (non-hydrogen) atoms. The van der Waals surface area contributed by atoms with Crippen molar-refractivity contribution in [3.63, 3.8) is 0 Å². The lowest BCUT2D eigenvalue weighted by Gasteiger charge is -2.28. The Labute approximate surface area is 248 Å². The first-order valence-corrected chi connectivity index (χ1v) is 14.4. The molecule has 3 heteroatoms. The van der Waals surface area contributed by atoms with E-state index in [-0.39, 0.29) is 0 Å². The van der Waals surface area contributed by atoms with Gasteiger partial charge in [0.05, 0.1) is 0 Å². The Kier molecular flexibility index (Phi) is 20.9. The van der Waals surface area contributed by atoms with Crippen molar-refractivity contribution in [2.24, 2.45) is 16.6 Å². The van der Waals surface area contributed by atoms with Gasteiger partial charge in [0.1, 0.15) is 0 Å². The van der Waals surface area contributed by atoms with Gasteiger partial charge in [-0.05, 0) is 102 Å². The van der Waals surface area contributed by atoms with Crippen LogP contribution in [0.5, 0.6) is 0 Å². The lowest BCUT2D eigenvalue weighted by molar-refractivity contribution is 0.723. The third kappa shape index (κ3) is 17.3. The van der Waals surface area contributed by atoms with E-state index in [4.69, 9.17) is 5.73 Å². The Bertz CT molecular complexity index is 1080. The van der Waals surface area contributed by atoms with E-state index in [1.165, 1.54) is 46.3 Å². The van der Waals surface area contributed by atoms with Crippen LogP contribution < -0.4 is 11.1 Å². The van der Waals surface area contributed by atoms with E-state index in [9.17, 15) is 0 Å². The number of aryl methyl sites for hydroxylation is 2. The maximum Gasteiger partial charge on any atom is 0.0397 e. The summed E-state index contributed by atoms with van der Waals surface area (Å²) in [4.78, 5) is 4.08. The fourth-order valence-electron chi connectivity index (χ4n) is 3.37. The minimum Gasteiger partial charge on any atom is -0.399 e. The lowest BCUT2D eigenvalue weighted by atomic mass is 9.80. The number of hydrogen-bond acceptors (Lipinski definition) is 3. The molecule has 0 aromatic heterocycles. The van der Waals surface area contributed by atoms with Crippen molar-refractivity contribution in [2.45, 2.75) is 102 Å². The van der Waals surface area contributed by atoms with Crippen LogP contribution in [-0.4, -0.2) is 5.71 Å². The minimum absolute atomic E-state index is 0.537. The van der Waals surface area contributed by atoms with Crippen LogP contribution in [0.1, 0.15) is 99.3 Å². The molecule has 0 saturated heterocycles. The second-order valence-corrected chi connectivity index (χ2v) is 10.8. The first kappa shape index (κ1) is 38.8. The topological polar surface area (TPSA) is 50.4 Å². The van der Waals surface area contributed by atoms with E-state index in [2.05, 4.69) is 82.5 Å². The van der Waals surface area contributed by atoms with Crippen LogP contribution in [0.3, 0.4) is 0 Å². The molecule has 0 aliphatic heterocycles. The highest BCUT2D eigenvalue weighted by Gasteiger charge is 2.23. The lowest BCUT2D eigenvalue weighted by Crippen LogP contribution is -2.22. The van der Waals surface area contributed by atoms with Crippen molar-refractivity contribution in [1.82, 2.24) is 5.32 Å². The van der Waals surface area contributed by atoms with Crippen LogP contribution in [0.4, 0.5) is 0 Å². The average Bonchev–Trinajstić information content (AvgIpc) is 2.91. The highest BCUT2D eigenvalue weighted by molar-refractivity contribution is 5.79. The summed E-state index contributed by atoms with van der Waals surface area (Å²) in [6.45, 7) is 38.5. The molecule has 0 bridgehead atoms. The van der Waals surface area contributed by atoms with Crippen molar-refractivity contribution in [3.05, 3.63) is 119 Å². The van der Waals surface area contributed by atoms with Crippen molar-refractivity contribution in [3.8, 4) is 0 Å². The molecule has 0 spiro atoms. The first-order valence-electron chi connectivity index (χ1n) is 14.4. The molecule has 1 aliphatic rings. The molecule has 0 radical (unpaired) electrons. The molecule has 0 saturated carbocycles. The van der Waals surface area contributed by atoms with Gasteiger partial charge in [-0.3, -0.25) is 4.99 Å². The van der Waals surface area contributed by atoms with Crippen molar-refractivity contribution in [1.29, 1.82) is 0 Å². The molecule has 1 atom stereocenters. The number of rotatable bonds is 9. The van der Waals surface area contributed by atoms with Gasteiger partial charge in [-0.1, -0.05) is 95.0 Å². The van der Waals surface area contributed by atoms with Crippen LogP contribution in [0.2, 0.25) is 0 Å². The van der Waals surface area contributed by atoms with Crippen molar-refractivity contribution in [2.75, 3.05) is 0 Å². The van der Waals surface area contributed by atoms with Gasteiger partial charge in [-0.15, -0.1) is 0 Å². The smallest absolute Gasteiger partial charge is 0.0397 e. The molecule has 0 amide bonds. The standard InChI is InChI=1S/C15H23N.C8H12.C7H11N.C7H13N/c1-5-7-15-9-8-13(10-14(15)6-2)11-16-12(3)4;1-5-6-8(4)7(2)3;1-4-5(2)7(8)6(4)3;1-6(2)5-8-7(3)4/h8-10,16H,3,5-7,11H2,1-2,4H3;5-6H,1-2H2,3-4H3;4H,2,8H2,1,3H3;5H,1-4H3/b;8-6+;;. The Morgan fingerprint density at radius 3 is 1.93 bits per heavy atom. The summed E-state index contributed by atoms with van der Waals surface area (Å²) in [6, 6.07) is 6.82. The Morgan fingerprint density at radius 2 is 1.62 bits per heavy atom. The normalized spacial score (nSPS) is 13.5. The fraction of sp³-hybridized carbons (Fsp3) is 0.432. The predicted octanol–water partition coefficient (Wildman–Crippen LogP) is 10.3. The van der Waals surface area contributed by atoms with Crippen LogP contribution in [0, 0.1) is 5.92 Å². The summed E-state index contributed by atoms with van der Waals surface area (Å²) in [5.41, 5.74) is 18.8. The molecule has 0 fully saturated rings. The highest BCUT2D eigenvalue weighted by Crippen LogP contribution is 2.34. The van der Waals surface area contributed by atoms with Gasteiger partial charge < -0.3 is 11.1 Å². The second kappa shape index (κ2) is 21.5. The Morgan fingerprint density at radius 1 is 1.02 bits per heavy atom. The molecule has 2 rings (SSSR count). The molecule has 0 heterocycles. The fourth-order valence-corrected chi connectivity index (χ4v) is 3.37. The molecular weight excluding hydrogens is 486 g/mol. The van der Waals surface area contributed by atoms with E-state index in [1.807, 2.05) is 60.7 Å². The molecule has 1 unspecified atom stereocenters. The molecular formula is C37H59N3. The maximum absolute atomic E-state index is 5.54. The van der Waals surface area contributed by atoms with E-state index in [1.54, 1.807) is 6.08 Å². The third-order valence-corrected chi connectivity index (χ3v) is 6.33. The number of nitrogens with one attached hydrogen (secondary N) is 1. The zero-order valence-corrected chi connectivity index (χ0v) is 27.7. The van der Waals surface area contributed by atoms with Gasteiger partial charge in [0.2, 0.25) is 0 Å². The van der Waals surface area contributed by atoms with Crippen molar-refractivity contribution >= 4 is 5.71 Å². The van der Waals surface area contributed by atoms with Crippen LogP contribution >= 0.6 is 0 Å². The molecule has 3 N–H and O–H groups in total. The number of allylic oxidation sites excluding steroid dienone is 8. The third-order valence-electron chi connectivity index (χ3n) is 6.33. The summed E-state index contributed by atoms with van der Waals surface area (Å²) in [6.07, 6.45) is 9.12. The first-order chi connectivity index (χ1) is 18.6. The largest absolute Gasteiger partial charge is 0.399 e. The SMILES string of the molecule is C=C(C)NCc1ccc(CCC)c(CC)c1.C=C/C=C(\C)C(=C)C.C=C1C(N)=C(C)C1C.CC(C)=CN=C(C)C.